The third-order valence-corrected chi connectivity index (χ3v) is 7.42. The van der Waals surface area contributed by atoms with E-state index in [2.05, 4.69) is 22.4 Å². The summed E-state index contributed by atoms with van der Waals surface area (Å²) in [5.74, 6) is -0.712. The average Bonchev–Trinajstić information content (AvgIpc) is 2.97. The summed E-state index contributed by atoms with van der Waals surface area (Å²) in [6.07, 6.45) is 1.67. The van der Waals surface area contributed by atoms with Gasteiger partial charge in [-0.3, -0.25) is 9.20 Å². The number of fused-ring (bicyclic) bond motifs is 1. The maximum absolute atomic E-state index is 13.6. The Bertz CT molecular complexity index is 1800. The number of nitriles is 2. The van der Waals surface area contributed by atoms with E-state index in [4.69, 9.17) is 4.98 Å². The molecule has 41 heavy (non-hydrogen) atoms. The summed E-state index contributed by atoms with van der Waals surface area (Å²) in [7, 11) is 0. The third-order valence-electron chi connectivity index (χ3n) is 7.42. The molecule has 2 atom stereocenters. The molecular formula is C31H29N7O3. The van der Waals surface area contributed by atoms with Gasteiger partial charge in [0.05, 0.1) is 23.2 Å². The van der Waals surface area contributed by atoms with Crippen LogP contribution in [0, 0.1) is 29.6 Å². The van der Waals surface area contributed by atoms with Gasteiger partial charge in [-0.2, -0.15) is 10.5 Å². The molecule has 1 saturated heterocycles. The zero-order chi connectivity index (χ0) is 29.3. The van der Waals surface area contributed by atoms with Gasteiger partial charge in [0, 0.05) is 48.8 Å². The standard InChI is InChI=1S/C31H29N7O3/c1-19-13-25(21(3)34-27-10-5-4-9-24(27)31(40)41)28-35-29(26(16-33)30(39)38(28)17-19)37-12-11-36(18-20(37)2)23-8-6-7-22(14-23)15-32/h4-10,13-14,17,20-21,34H,11-12,18H2,1-3H3,(H,40,41)/t20-,21-/m1/s1. The highest BCUT2D eigenvalue weighted by Gasteiger charge is 2.29. The number of anilines is 3. The quantitative estimate of drug-likeness (QED) is 0.361. The summed E-state index contributed by atoms with van der Waals surface area (Å²) >= 11 is 0. The van der Waals surface area contributed by atoms with Gasteiger partial charge in [0.25, 0.3) is 5.56 Å². The fraction of sp³-hybridized carbons (Fsp3) is 0.258. The van der Waals surface area contributed by atoms with E-state index in [-0.39, 0.29) is 17.2 Å². The number of hydrogen-bond donors (Lipinski definition) is 2. The third kappa shape index (κ3) is 5.15. The van der Waals surface area contributed by atoms with Crippen molar-refractivity contribution in [3.05, 3.63) is 99.0 Å². The molecule has 0 aliphatic carbocycles. The predicted molar refractivity (Wildman–Crippen MR) is 157 cm³/mol. The first-order chi connectivity index (χ1) is 19.7. The highest BCUT2D eigenvalue weighted by Crippen LogP contribution is 2.29. The van der Waals surface area contributed by atoms with Gasteiger partial charge in [0.1, 0.15) is 11.7 Å². The first-order valence-corrected chi connectivity index (χ1v) is 13.3. The van der Waals surface area contributed by atoms with Gasteiger partial charge in [-0.15, -0.1) is 0 Å². The Hall–Kier alpha value is -5.35. The fourth-order valence-electron chi connectivity index (χ4n) is 5.41. The summed E-state index contributed by atoms with van der Waals surface area (Å²) < 4.78 is 1.41. The zero-order valence-corrected chi connectivity index (χ0v) is 23.0. The van der Waals surface area contributed by atoms with Crippen molar-refractivity contribution in [2.75, 3.05) is 34.8 Å². The number of hydrogen-bond acceptors (Lipinski definition) is 8. The number of carboxylic acids is 1. The van der Waals surface area contributed by atoms with Crippen molar-refractivity contribution >= 4 is 28.8 Å². The van der Waals surface area contributed by atoms with Crippen LogP contribution in [0.1, 0.15) is 52.5 Å². The minimum Gasteiger partial charge on any atom is -0.478 e. The van der Waals surface area contributed by atoms with Gasteiger partial charge in [0.15, 0.2) is 11.4 Å². The highest BCUT2D eigenvalue weighted by atomic mass is 16.4. The van der Waals surface area contributed by atoms with Gasteiger partial charge >= 0.3 is 5.97 Å². The van der Waals surface area contributed by atoms with Crippen molar-refractivity contribution in [2.45, 2.75) is 32.9 Å². The van der Waals surface area contributed by atoms with Crippen LogP contribution in [-0.2, 0) is 0 Å². The van der Waals surface area contributed by atoms with Crippen molar-refractivity contribution in [3.8, 4) is 12.1 Å². The summed E-state index contributed by atoms with van der Waals surface area (Å²) in [6.45, 7) is 7.52. The minimum atomic E-state index is -1.04. The number of pyridine rings is 1. The number of aryl methyl sites for hydroxylation is 1. The molecule has 4 aromatic rings. The van der Waals surface area contributed by atoms with Crippen LogP contribution in [0.3, 0.4) is 0 Å². The molecule has 206 valence electrons. The van der Waals surface area contributed by atoms with E-state index in [1.54, 1.807) is 30.5 Å². The molecule has 0 spiro atoms. The van der Waals surface area contributed by atoms with Crippen molar-refractivity contribution in [3.63, 3.8) is 0 Å². The van der Waals surface area contributed by atoms with E-state index in [9.17, 15) is 25.2 Å². The monoisotopic (exact) mass is 547 g/mol. The molecule has 5 rings (SSSR count). The topological polar surface area (TPSA) is 138 Å². The van der Waals surface area contributed by atoms with E-state index >= 15 is 0 Å². The second kappa shape index (κ2) is 11.0. The first-order valence-electron chi connectivity index (χ1n) is 13.3. The molecule has 3 heterocycles. The van der Waals surface area contributed by atoms with Gasteiger partial charge < -0.3 is 20.2 Å². The van der Waals surface area contributed by atoms with Crippen molar-refractivity contribution < 1.29 is 9.90 Å². The summed E-state index contributed by atoms with van der Waals surface area (Å²) in [6, 6.07) is 19.8. The van der Waals surface area contributed by atoms with Gasteiger partial charge in [0.2, 0.25) is 0 Å². The van der Waals surface area contributed by atoms with E-state index in [0.29, 0.717) is 47.9 Å². The van der Waals surface area contributed by atoms with Crippen molar-refractivity contribution in [1.29, 1.82) is 10.5 Å². The van der Waals surface area contributed by atoms with Crippen LogP contribution in [0.2, 0.25) is 0 Å². The Morgan fingerprint density at radius 1 is 1.12 bits per heavy atom. The molecule has 0 unspecified atom stereocenters. The Morgan fingerprint density at radius 3 is 2.61 bits per heavy atom. The molecule has 0 radical (unpaired) electrons. The highest BCUT2D eigenvalue weighted by molar-refractivity contribution is 5.94. The summed E-state index contributed by atoms with van der Waals surface area (Å²) in [5, 5.41) is 32.2. The Balaban J connectivity index is 1.55. The number of benzene rings is 2. The van der Waals surface area contributed by atoms with Crippen LogP contribution in [0.4, 0.5) is 17.2 Å². The molecule has 2 aromatic heterocycles. The smallest absolute Gasteiger partial charge is 0.337 e. The molecule has 0 saturated carbocycles. The average molecular weight is 548 g/mol. The number of piperazine rings is 1. The molecule has 10 heteroatoms. The van der Waals surface area contributed by atoms with Crippen LogP contribution in [-0.4, -0.2) is 46.1 Å². The van der Waals surface area contributed by atoms with E-state index in [1.807, 2.05) is 49.9 Å². The number of nitrogens with one attached hydrogen (secondary N) is 1. The lowest BCUT2D eigenvalue weighted by atomic mass is 10.1. The number of para-hydroxylation sites is 1. The minimum absolute atomic E-state index is 0.0253. The Kier molecular flexibility index (Phi) is 7.32. The lowest BCUT2D eigenvalue weighted by Gasteiger charge is -2.42. The second-order valence-electron chi connectivity index (χ2n) is 10.3. The van der Waals surface area contributed by atoms with E-state index in [0.717, 1.165) is 11.3 Å². The Labute approximate surface area is 237 Å². The number of aromatic carboxylic acids is 1. The van der Waals surface area contributed by atoms with Crippen LogP contribution in [0.25, 0.3) is 5.65 Å². The first kappa shape index (κ1) is 27.2. The second-order valence-corrected chi connectivity index (χ2v) is 10.3. The molecule has 2 N–H and O–H groups in total. The van der Waals surface area contributed by atoms with E-state index < -0.39 is 17.6 Å². The fourth-order valence-corrected chi connectivity index (χ4v) is 5.41. The predicted octanol–water partition coefficient (Wildman–Crippen LogP) is 4.33. The molecule has 0 amide bonds. The van der Waals surface area contributed by atoms with Crippen molar-refractivity contribution in [1.82, 2.24) is 9.38 Å². The lowest BCUT2D eigenvalue weighted by Crippen LogP contribution is -2.53. The molecule has 2 aromatic carbocycles. The molecule has 1 fully saturated rings. The maximum atomic E-state index is 13.6. The molecule has 1 aliphatic heterocycles. The number of rotatable bonds is 6. The molecule has 10 nitrogen and oxygen atoms in total. The van der Waals surface area contributed by atoms with E-state index in [1.165, 1.54) is 10.5 Å². The molecule has 1 aliphatic rings. The van der Waals surface area contributed by atoms with Crippen LogP contribution >= 0.6 is 0 Å². The zero-order valence-electron chi connectivity index (χ0n) is 23.0. The maximum Gasteiger partial charge on any atom is 0.337 e. The normalized spacial score (nSPS) is 15.7. The lowest BCUT2D eigenvalue weighted by molar-refractivity contribution is 0.0698. The largest absolute Gasteiger partial charge is 0.478 e. The number of nitrogens with zero attached hydrogens (tertiary/aromatic N) is 6. The summed E-state index contributed by atoms with van der Waals surface area (Å²) in [5.41, 5.74) is 3.55. The van der Waals surface area contributed by atoms with Crippen LogP contribution in [0.5, 0.6) is 0 Å². The van der Waals surface area contributed by atoms with Crippen LogP contribution in [0.15, 0.2) is 65.6 Å². The number of carboxylic acid groups (broad SMARTS) is 1. The summed E-state index contributed by atoms with van der Waals surface area (Å²) in [4.78, 5) is 34.5. The SMILES string of the molecule is Cc1cc([C@@H](C)Nc2ccccc2C(=O)O)c2nc(N3CCN(c4cccc(C#N)c4)C[C@H]3C)c(C#N)c(=O)n2c1. The van der Waals surface area contributed by atoms with Gasteiger partial charge in [-0.25, -0.2) is 9.78 Å². The van der Waals surface area contributed by atoms with Crippen molar-refractivity contribution in [2.24, 2.45) is 0 Å². The number of carbonyl (C=O) groups is 1. The number of aromatic nitrogens is 2. The van der Waals surface area contributed by atoms with Gasteiger partial charge in [-0.1, -0.05) is 18.2 Å². The van der Waals surface area contributed by atoms with Crippen LogP contribution < -0.4 is 20.7 Å². The van der Waals surface area contributed by atoms with Gasteiger partial charge in [-0.05, 0) is 62.7 Å². The Morgan fingerprint density at radius 2 is 1.90 bits per heavy atom. The molecule has 0 bridgehead atoms. The molecular weight excluding hydrogens is 518 g/mol.